The molecule has 11 heteroatoms. The number of benzene rings is 1. The molecule has 0 aliphatic rings. The quantitative estimate of drug-likeness (QED) is 0.417. The van der Waals surface area contributed by atoms with Gasteiger partial charge in [-0.3, -0.25) is 5.10 Å². The summed E-state index contributed by atoms with van der Waals surface area (Å²) in [5.74, 6) is -1.52. The van der Waals surface area contributed by atoms with Gasteiger partial charge in [0.25, 0.3) is 0 Å². The second kappa shape index (κ2) is 6.29. The summed E-state index contributed by atoms with van der Waals surface area (Å²) in [6.07, 6.45) is 0. The Hall–Kier alpha value is -0.519. The van der Waals surface area contributed by atoms with Gasteiger partial charge in [-0.05, 0) is 18.6 Å². The predicted octanol–water partition coefficient (Wildman–Crippen LogP) is -1.47. The molecule has 0 fully saturated rings. The number of carbonyl (C=O) groups excluding carboxylic acids is 1. The van der Waals surface area contributed by atoms with E-state index in [0.29, 0.717) is 0 Å². The number of hydrogen-bond acceptors (Lipinski definition) is 7. The number of rotatable bonds is 2. The van der Waals surface area contributed by atoms with E-state index in [9.17, 15) is 22.9 Å². The molecule has 110 valence electrons. The van der Waals surface area contributed by atoms with Gasteiger partial charge in [0.05, 0.1) is 10.9 Å². The first-order valence-electron chi connectivity index (χ1n) is 4.34. The van der Waals surface area contributed by atoms with Gasteiger partial charge in [0.15, 0.2) is 0 Å². The minimum atomic E-state index is -4.74. The van der Waals surface area contributed by atoms with Crippen LogP contribution in [-0.2, 0) is 54.9 Å². The number of nitrogens with zero attached hydrogens (tertiary/aromatic N) is 2. The van der Waals surface area contributed by atoms with Crippen LogP contribution in [0.2, 0.25) is 0 Å². The van der Waals surface area contributed by atoms with Gasteiger partial charge in [0.2, 0.25) is 0 Å². The number of hydrogen-bond donors (Lipinski definition) is 1. The van der Waals surface area contributed by atoms with Crippen molar-refractivity contribution >= 4 is 27.1 Å². The summed E-state index contributed by atoms with van der Waals surface area (Å²) >= 11 is 0. The minimum Gasteiger partial charge on any atom is -0.744 e. The van der Waals surface area contributed by atoms with E-state index in [2.05, 4.69) is 15.4 Å². The van der Waals surface area contributed by atoms with E-state index in [0.717, 1.165) is 6.07 Å². The van der Waals surface area contributed by atoms with Gasteiger partial charge in [0.1, 0.15) is 21.2 Å². The van der Waals surface area contributed by atoms with Crippen molar-refractivity contribution in [2.45, 2.75) is 11.8 Å². The Balaban J connectivity index is 0.00000162. The van der Waals surface area contributed by atoms with Crippen LogP contribution in [-0.4, -0.2) is 34.4 Å². The number of aryl methyl sites for hydroxylation is 1. The maximum absolute atomic E-state index is 11.0. The van der Waals surface area contributed by atoms with Crippen LogP contribution < -0.4 is 5.11 Å². The van der Waals surface area contributed by atoms with E-state index in [-0.39, 0.29) is 66.9 Å². The van der Waals surface area contributed by atoms with Crippen LogP contribution in [0.15, 0.2) is 11.0 Å². The molecule has 1 aromatic heterocycles. The molecule has 1 heterocycles. The van der Waals surface area contributed by atoms with Gasteiger partial charge in [0, 0.05) is 5.56 Å². The number of aromatic carboxylic acids is 1. The zero-order valence-corrected chi connectivity index (χ0v) is 12.8. The van der Waals surface area contributed by atoms with Crippen molar-refractivity contribution in [3.8, 4) is 0 Å². The van der Waals surface area contributed by atoms with Crippen LogP contribution in [0.5, 0.6) is 0 Å². The molecule has 0 atom stereocenters. The Labute approximate surface area is 138 Å². The van der Waals surface area contributed by atoms with Crippen LogP contribution in [0, 0.1) is 6.92 Å². The molecule has 2 aromatic rings. The number of fused-ring (bicyclic) bond motifs is 1. The van der Waals surface area contributed by atoms with E-state index < -0.39 is 21.0 Å². The maximum atomic E-state index is 11.0. The third-order valence-corrected chi connectivity index (χ3v) is 3.11. The maximum Gasteiger partial charge on any atom is 1.00 e. The topological polar surface area (TPSA) is 139 Å². The summed E-state index contributed by atoms with van der Waals surface area (Å²) in [4.78, 5) is 10.3. The summed E-state index contributed by atoms with van der Waals surface area (Å²) in [6, 6.07) is 0.954. The first-order valence-corrected chi connectivity index (χ1v) is 5.75. The molecule has 0 saturated carbocycles. The molecule has 1 aromatic carbocycles. The SMILES string of the molecule is Cc1cc(S(=O)(=O)[O-])c2[nH]nnc2c1C(=O)[O-].[Ag+].[Ag+]. The van der Waals surface area contributed by atoms with Crippen LogP contribution in [0.4, 0.5) is 0 Å². The normalized spacial score (nSPS) is 10.6. The Morgan fingerprint density at radius 2 is 1.95 bits per heavy atom. The first-order chi connectivity index (χ1) is 7.82. The van der Waals surface area contributed by atoms with Crippen LogP contribution >= 0.6 is 0 Å². The summed E-state index contributed by atoms with van der Waals surface area (Å²) in [5.41, 5.74) is -0.661. The van der Waals surface area contributed by atoms with Gasteiger partial charge in [-0.1, -0.05) is 5.21 Å². The van der Waals surface area contributed by atoms with Gasteiger partial charge in [-0.25, -0.2) is 8.42 Å². The number of carbonyl (C=O) groups is 1. The molecule has 0 aliphatic carbocycles. The van der Waals surface area contributed by atoms with Crippen molar-refractivity contribution in [3.63, 3.8) is 0 Å². The summed E-state index contributed by atoms with van der Waals surface area (Å²) < 4.78 is 33.0. The zero-order chi connectivity index (χ0) is 12.8. The number of nitrogens with one attached hydrogen (secondary N) is 1. The number of H-pyrrole nitrogens is 1. The van der Waals surface area contributed by atoms with Gasteiger partial charge < -0.3 is 14.5 Å². The molecule has 0 radical (unpaired) electrons. The number of aromatic amines is 1. The average Bonchev–Trinajstić information content (AvgIpc) is 2.61. The summed E-state index contributed by atoms with van der Waals surface area (Å²) in [5, 5.41) is 19.8. The molecule has 1 N–H and O–H groups in total. The fraction of sp³-hybridized carbons (Fsp3) is 0.125. The molecule has 0 bridgehead atoms. The molecule has 0 unspecified atom stereocenters. The Morgan fingerprint density at radius 1 is 1.37 bits per heavy atom. The van der Waals surface area contributed by atoms with Crippen molar-refractivity contribution in [3.05, 3.63) is 17.2 Å². The van der Waals surface area contributed by atoms with Crippen LogP contribution in [0.25, 0.3) is 11.0 Å². The van der Waals surface area contributed by atoms with Gasteiger partial charge >= 0.3 is 44.8 Å². The van der Waals surface area contributed by atoms with Crippen LogP contribution in [0.3, 0.4) is 0 Å². The average molecular weight is 471 g/mol. The molecular formula is C8H5Ag2N3O5S. The zero-order valence-electron chi connectivity index (χ0n) is 9.02. The predicted molar refractivity (Wildman–Crippen MR) is 50.9 cm³/mol. The molecule has 0 spiro atoms. The second-order valence-corrected chi connectivity index (χ2v) is 4.69. The molecule has 19 heavy (non-hydrogen) atoms. The van der Waals surface area contributed by atoms with E-state index in [1.165, 1.54) is 6.92 Å². The molecule has 8 nitrogen and oxygen atoms in total. The molecule has 0 saturated heterocycles. The van der Waals surface area contributed by atoms with Crippen molar-refractivity contribution in [1.82, 2.24) is 15.4 Å². The van der Waals surface area contributed by atoms with E-state index in [1.54, 1.807) is 0 Å². The number of carboxylic acids is 1. The standard InChI is InChI=1S/C8H7N3O5S.2Ag/c1-3-2-4(17(14,15)16)6-7(10-11-9-6)5(3)8(12)13;;/h2H,1H3,(H,12,13)(H,9,10,11)(H,14,15,16);;/q;2*+1/p-2. The third-order valence-electron chi connectivity index (χ3n) is 2.25. The first kappa shape index (κ1) is 18.5. The van der Waals surface area contributed by atoms with Crippen molar-refractivity contribution in [2.75, 3.05) is 0 Å². The Bertz CT molecular complexity index is 727. The fourth-order valence-electron chi connectivity index (χ4n) is 1.56. The molecule has 2 rings (SSSR count). The van der Waals surface area contributed by atoms with Crippen molar-refractivity contribution in [1.29, 1.82) is 0 Å². The number of carboxylic acid groups (broad SMARTS) is 1. The van der Waals surface area contributed by atoms with E-state index in [4.69, 9.17) is 0 Å². The number of aromatic nitrogens is 3. The monoisotopic (exact) mass is 469 g/mol. The third kappa shape index (κ3) is 3.33. The Morgan fingerprint density at radius 3 is 2.42 bits per heavy atom. The van der Waals surface area contributed by atoms with Crippen LogP contribution in [0.1, 0.15) is 15.9 Å². The van der Waals surface area contributed by atoms with Crippen molar-refractivity contribution < 1.29 is 67.6 Å². The summed E-state index contributed by atoms with van der Waals surface area (Å²) in [7, 11) is -4.74. The molecular weight excluding hydrogens is 466 g/mol. The largest absolute Gasteiger partial charge is 1.00 e. The smallest absolute Gasteiger partial charge is 0.744 e. The van der Waals surface area contributed by atoms with Crippen molar-refractivity contribution in [2.24, 2.45) is 0 Å². The fourth-order valence-corrected chi connectivity index (χ4v) is 2.27. The van der Waals surface area contributed by atoms with E-state index in [1.807, 2.05) is 0 Å². The van der Waals surface area contributed by atoms with Gasteiger partial charge in [-0.2, -0.15) is 0 Å². The summed E-state index contributed by atoms with van der Waals surface area (Å²) in [6.45, 7) is 1.34. The molecule has 0 aliphatic heterocycles. The van der Waals surface area contributed by atoms with Gasteiger partial charge in [-0.15, -0.1) is 5.10 Å². The minimum absolute atomic E-state index is 0. The molecule has 0 amide bonds. The van der Waals surface area contributed by atoms with E-state index >= 15 is 0 Å². The Kier molecular flexibility index (Phi) is 6.12. The second-order valence-electron chi connectivity index (χ2n) is 3.34.